The Morgan fingerprint density at radius 2 is 2.23 bits per heavy atom. The van der Waals surface area contributed by atoms with Crippen LogP contribution in [0.4, 0.5) is 0 Å². The Labute approximate surface area is 78.3 Å². The molecule has 0 radical (unpaired) electrons. The first-order valence-corrected chi connectivity index (χ1v) is 4.19. The Morgan fingerprint density at radius 1 is 1.46 bits per heavy atom. The Hall–Kier alpha value is -1.57. The summed E-state index contributed by atoms with van der Waals surface area (Å²) in [6.07, 6.45) is 3.32. The largest absolute Gasteiger partial charge is 0.356 e. The Morgan fingerprint density at radius 3 is 2.85 bits per heavy atom. The van der Waals surface area contributed by atoms with E-state index in [0.717, 1.165) is 5.56 Å². The molecule has 13 heavy (non-hydrogen) atoms. The van der Waals surface area contributed by atoms with Gasteiger partial charge in [-0.3, -0.25) is 4.79 Å². The van der Waals surface area contributed by atoms with Gasteiger partial charge in [-0.2, -0.15) is 0 Å². The van der Waals surface area contributed by atoms with Crippen molar-refractivity contribution in [1.82, 2.24) is 5.32 Å². The average Bonchev–Trinajstić information content (AvgIpc) is 2.14. The summed E-state index contributed by atoms with van der Waals surface area (Å²) in [7, 11) is 1.61. The second-order valence-corrected chi connectivity index (χ2v) is 2.86. The van der Waals surface area contributed by atoms with Gasteiger partial charge in [0.2, 0.25) is 5.91 Å². The standard InChI is InChI=1S/C11H13NO/c1-9-4-3-5-10(8-9)6-7-11(13)12-2/h3-8H,1-2H3,(H,12,13). The number of rotatable bonds is 2. The molecule has 1 aromatic carbocycles. The normalized spacial score (nSPS) is 10.3. The van der Waals surface area contributed by atoms with E-state index in [1.54, 1.807) is 13.1 Å². The summed E-state index contributed by atoms with van der Waals surface area (Å²) >= 11 is 0. The van der Waals surface area contributed by atoms with Gasteiger partial charge in [-0.15, -0.1) is 0 Å². The van der Waals surface area contributed by atoms with Crippen LogP contribution >= 0.6 is 0 Å². The van der Waals surface area contributed by atoms with Crippen molar-refractivity contribution in [3.8, 4) is 0 Å². The summed E-state index contributed by atoms with van der Waals surface area (Å²) < 4.78 is 0. The molecule has 0 aliphatic heterocycles. The summed E-state index contributed by atoms with van der Waals surface area (Å²) in [6, 6.07) is 7.99. The molecule has 0 atom stereocenters. The summed E-state index contributed by atoms with van der Waals surface area (Å²) in [5, 5.41) is 2.52. The van der Waals surface area contributed by atoms with Crippen LogP contribution in [-0.2, 0) is 4.79 Å². The minimum Gasteiger partial charge on any atom is -0.356 e. The first kappa shape index (κ1) is 9.52. The van der Waals surface area contributed by atoms with Crippen LogP contribution < -0.4 is 5.32 Å². The van der Waals surface area contributed by atoms with Crippen molar-refractivity contribution >= 4 is 12.0 Å². The number of benzene rings is 1. The van der Waals surface area contributed by atoms with Crippen LogP contribution in [0.5, 0.6) is 0 Å². The molecule has 0 fully saturated rings. The Balaban J connectivity index is 2.74. The number of carbonyl (C=O) groups is 1. The topological polar surface area (TPSA) is 29.1 Å². The second kappa shape index (κ2) is 4.45. The third-order valence-corrected chi connectivity index (χ3v) is 1.72. The summed E-state index contributed by atoms with van der Waals surface area (Å²) in [5.41, 5.74) is 2.24. The zero-order valence-corrected chi connectivity index (χ0v) is 7.87. The lowest BCUT2D eigenvalue weighted by molar-refractivity contribution is -0.115. The van der Waals surface area contributed by atoms with Crippen molar-refractivity contribution in [2.75, 3.05) is 7.05 Å². The van der Waals surface area contributed by atoms with Crippen LogP contribution in [-0.4, -0.2) is 13.0 Å². The highest BCUT2D eigenvalue weighted by Crippen LogP contribution is 2.05. The summed E-state index contributed by atoms with van der Waals surface area (Å²) in [6.45, 7) is 2.03. The maximum absolute atomic E-state index is 10.9. The quantitative estimate of drug-likeness (QED) is 0.682. The van der Waals surface area contributed by atoms with E-state index < -0.39 is 0 Å². The number of hydrogen-bond donors (Lipinski definition) is 1. The molecule has 0 saturated heterocycles. The predicted octanol–water partition coefficient (Wildman–Crippen LogP) is 1.75. The molecule has 0 aliphatic rings. The van der Waals surface area contributed by atoms with E-state index in [4.69, 9.17) is 0 Å². The third-order valence-electron chi connectivity index (χ3n) is 1.72. The molecule has 1 amide bonds. The zero-order chi connectivity index (χ0) is 9.68. The molecular formula is C11H13NO. The zero-order valence-electron chi connectivity index (χ0n) is 7.87. The Bertz CT molecular complexity index is 329. The number of aryl methyl sites for hydroxylation is 1. The SMILES string of the molecule is CNC(=O)C=Cc1cccc(C)c1. The highest BCUT2D eigenvalue weighted by molar-refractivity contribution is 5.91. The highest BCUT2D eigenvalue weighted by Gasteiger charge is 1.90. The van der Waals surface area contributed by atoms with Gasteiger partial charge in [0, 0.05) is 13.1 Å². The highest BCUT2D eigenvalue weighted by atomic mass is 16.1. The van der Waals surface area contributed by atoms with Crippen molar-refractivity contribution in [1.29, 1.82) is 0 Å². The molecule has 0 heterocycles. The molecule has 0 bridgehead atoms. The lowest BCUT2D eigenvalue weighted by Crippen LogP contribution is -2.13. The van der Waals surface area contributed by atoms with E-state index in [1.807, 2.05) is 31.2 Å². The molecule has 2 heteroatoms. The van der Waals surface area contributed by atoms with Crippen LogP contribution in [0.3, 0.4) is 0 Å². The van der Waals surface area contributed by atoms with E-state index in [1.165, 1.54) is 11.6 Å². The first-order valence-electron chi connectivity index (χ1n) is 4.19. The predicted molar refractivity (Wildman–Crippen MR) is 54.3 cm³/mol. The van der Waals surface area contributed by atoms with Gasteiger partial charge in [0.15, 0.2) is 0 Å². The van der Waals surface area contributed by atoms with Crippen LogP contribution in [0.2, 0.25) is 0 Å². The molecule has 0 aromatic heterocycles. The van der Waals surface area contributed by atoms with Crippen molar-refractivity contribution in [2.24, 2.45) is 0 Å². The van der Waals surface area contributed by atoms with E-state index in [0.29, 0.717) is 0 Å². The van der Waals surface area contributed by atoms with Crippen LogP contribution in [0, 0.1) is 6.92 Å². The van der Waals surface area contributed by atoms with Crippen molar-refractivity contribution < 1.29 is 4.79 Å². The van der Waals surface area contributed by atoms with E-state index in [9.17, 15) is 4.79 Å². The van der Waals surface area contributed by atoms with Crippen LogP contribution in [0.25, 0.3) is 6.08 Å². The van der Waals surface area contributed by atoms with E-state index >= 15 is 0 Å². The number of carbonyl (C=O) groups excluding carboxylic acids is 1. The average molecular weight is 175 g/mol. The molecule has 68 valence electrons. The molecule has 2 nitrogen and oxygen atoms in total. The van der Waals surface area contributed by atoms with Gasteiger partial charge < -0.3 is 5.32 Å². The monoisotopic (exact) mass is 175 g/mol. The summed E-state index contributed by atoms with van der Waals surface area (Å²) in [4.78, 5) is 10.9. The maximum Gasteiger partial charge on any atom is 0.243 e. The minimum absolute atomic E-state index is 0.0819. The minimum atomic E-state index is -0.0819. The fourth-order valence-electron chi connectivity index (χ4n) is 1.03. The van der Waals surface area contributed by atoms with Gasteiger partial charge in [-0.1, -0.05) is 29.8 Å². The smallest absolute Gasteiger partial charge is 0.243 e. The van der Waals surface area contributed by atoms with Gasteiger partial charge in [0.1, 0.15) is 0 Å². The number of hydrogen-bond acceptors (Lipinski definition) is 1. The van der Waals surface area contributed by atoms with E-state index in [-0.39, 0.29) is 5.91 Å². The van der Waals surface area contributed by atoms with Crippen molar-refractivity contribution in [2.45, 2.75) is 6.92 Å². The molecule has 1 rings (SSSR count). The first-order chi connectivity index (χ1) is 6.22. The van der Waals surface area contributed by atoms with Gasteiger partial charge in [0.05, 0.1) is 0 Å². The number of amides is 1. The lowest BCUT2D eigenvalue weighted by Gasteiger charge is -1.95. The Kier molecular flexibility index (Phi) is 3.26. The fourth-order valence-corrected chi connectivity index (χ4v) is 1.03. The van der Waals surface area contributed by atoms with E-state index in [2.05, 4.69) is 5.32 Å². The molecule has 1 aromatic rings. The molecule has 1 N–H and O–H groups in total. The molecule has 0 unspecified atom stereocenters. The van der Waals surface area contributed by atoms with Gasteiger partial charge in [-0.05, 0) is 18.6 Å². The molecule has 0 aliphatic carbocycles. The van der Waals surface area contributed by atoms with Gasteiger partial charge in [-0.25, -0.2) is 0 Å². The lowest BCUT2D eigenvalue weighted by atomic mass is 10.1. The van der Waals surface area contributed by atoms with Crippen LogP contribution in [0.15, 0.2) is 30.3 Å². The second-order valence-electron chi connectivity index (χ2n) is 2.86. The fraction of sp³-hybridized carbons (Fsp3) is 0.182. The maximum atomic E-state index is 10.9. The summed E-state index contributed by atoms with van der Waals surface area (Å²) in [5.74, 6) is -0.0819. The van der Waals surface area contributed by atoms with Crippen molar-refractivity contribution in [3.05, 3.63) is 41.5 Å². The molecule has 0 spiro atoms. The third kappa shape index (κ3) is 3.11. The van der Waals surface area contributed by atoms with Gasteiger partial charge >= 0.3 is 0 Å². The van der Waals surface area contributed by atoms with Gasteiger partial charge in [0.25, 0.3) is 0 Å². The van der Waals surface area contributed by atoms with Crippen molar-refractivity contribution in [3.63, 3.8) is 0 Å². The molecular weight excluding hydrogens is 162 g/mol. The van der Waals surface area contributed by atoms with Crippen LogP contribution in [0.1, 0.15) is 11.1 Å². The number of likely N-dealkylation sites (N-methyl/N-ethyl adjacent to an activating group) is 1. The number of nitrogens with one attached hydrogen (secondary N) is 1. The molecule has 0 saturated carbocycles.